The minimum atomic E-state index is -0.968. The summed E-state index contributed by atoms with van der Waals surface area (Å²) in [7, 11) is 0. The van der Waals surface area contributed by atoms with Gasteiger partial charge in [0.05, 0.1) is 16.4 Å². The number of fused-ring (bicyclic) bond motifs is 1. The van der Waals surface area contributed by atoms with Crippen LogP contribution < -0.4 is 10.2 Å². The Labute approximate surface area is 188 Å². The third kappa shape index (κ3) is 4.00. The molecule has 8 nitrogen and oxygen atoms in total. The molecular weight excluding hydrogens is 441 g/mol. The maximum Gasteiger partial charge on any atom is 0.263 e. The van der Waals surface area contributed by atoms with Gasteiger partial charge in [0.25, 0.3) is 11.8 Å². The first kappa shape index (κ1) is 21.3. The van der Waals surface area contributed by atoms with E-state index in [1.807, 2.05) is 12.1 Å². The van der Waals surface area contributed by atoms with Gasteiger partial charge in [0.15, 0.2) is 12.1 Å². The van der Waals surface area contributed by atoms with Crippen LogP contribution in [0.2, 0.25) is 10.0 Å². The quantitative estimate of drug-likeness (QED) is 0.682. The number of carbonyl (C=O) groups is 3. The van der Waals surface area contributed by atoms with E-state index < -0.39 is 29.8 Å². The van der Waals surface area contributed by atoms with Crippen molar-refractivity contribution in [1.29, 1.82) is 0 Å². The summed E-state index contributed by atoms with van der Waals surface area (Å²) in [4.78, 5) is 39.4. The molecule has 0 saturated carbocycles. The van der Waals surface area contributed by atoms with Crippen molar-refractivity contribution < 1.29 is 14.4 Å². The molecule has 4 rings (SSSR count). The van der Waals surface area contributed by atoms with Gasteiger partial charge >= 0.3 is 0 Å². The molecule has 2 aromatic carbocycles. The van der Waals surface area contributed by atoms with Crippen molar-refractivity contribution in [3.63, 3.8) is 0 Å². The number of halogens is 2. The van der Waals surface area contributed by atoms with Gasteiger partial charge in [0.2, 0.25) is 5.91 Å². The Kier molecular flexibility index (Phi) is 5.68. The summed E-state index contributed by atoms with van der Waals surface area (Å²) in [5.41, 5.74) is 1.95. The largest absolute Gasteiger partial charge is 0.323 e. The molecule has 1 N–H and O–H groups in total. The number of hydrogen-bond acceptors (Lipinski definition) is 6. The SMILES string of the molecule is CC(C)c1ccc(N2C(=O)[C@H]3N=NN(CC(=O)Nc4ccc(Cl)cc4Cl)[C@H]3C2=O)cc1. The molecule has 31 heavy (non-hydrogen) atoms. The van der Waals surface area contributed by atoms with Crippen molar-refractivity contribution >= 4 is 52.3 Å². The lowest BCUT2D eigenvalue weighted by Gasteiger charge is -2.20. The first-order valence-electron chi connectivity index (χ1n) is 9.66. The number of anilines is 2. The van der Waals surface area contributed by atoms with Crippen LogP contribution in [-0.4, -0.2) is 41.4 Å². The summed E-state index contributed by atoms with van der Waals surface area (Å²) in [6.45, 7) is 3.86. The van der Waals surface area contributed by atoms with Crippen molar-refractivity contribution in [2.75, 3.05) is 16.8 Å². The fourth-order valence-corrected chi connectivity index (χ4v) is 4.00. The molecule has 10 heteroatoms. The molecule has 0 bridgehead atoms. The van der Waals surface area contributed by atoms with E-state index in [0.29, 0.717) is 22.3 Å². The number of rotatable bonds is 5. The lowest BCUT2D eigenvalue weighted by molar-refractivity contribution is -0.123. The van der Waals surface area contributed by atoms with Crippen LogP contribution in [0.5, 0.6) is 0 Å². The molecule has 2 aromatic rings. The fraction of sp³-hybridized carbons (Fsp3) is 0.286. The Balaban J connectivity index is 1.48. The minimum absolute atomic E-state index is 0.261. The second-order valence-corrected chi connectivity index (χ2v) is 8.47. The van der Waals surface area contributed by atoms with Crippen LogP contribution in [0.25, 0.3) is 0 Å². The monoisotopic (exact) mass is 459 g/mol. The van der Waals surface area contributed by atoms with Gasteiger partial charge in [-0.1, -0.05) is 54.4 Å². The average Bonchev–Trinajstić information content (AvgIpc) is 3.24. The van der Waals surface area contributed by atoms with Crippen LogP contribution >= 0.6 is 23.2 Å². The normalized spacial score (nSPS) is 20.0. The molecule has 3 amide bonds. The van der Waals surface area contributed by atoms with E-state index in [2.05, 4.69) is 29.5 Å². The highest BCUT2D eigenvalue weighted by Gasteiger charge is 2.55. The number of carbonyl (C=O) groups excluding carboxylic acids is 3. The molecule has 2 atom stereocenters. The second kappa shape index (κ2) is 8.28. The Morgan fingerprint density at radius 3 is 2.45 bits per heavy atom. The van der Waals surface area contributed by atoms with Gasteiger partial charge in [0, 0.05) is 5.02 Å². The van der Waals surface area contributed by atoms with E-state index in [1.165, 1.54) is 11.1 Å². The number of nitrogens with zero attached hydrogens (tertiary/aromatic N) is 4. The molecular formula is C21H19Cl2N5O3. The van der Waals surface area contributed by atoms with E-state index in [4.69, 9.17) is 23.2 Å². The summed E-state index contributed by atoms with van der Waals surface area (Å²) in [5, 5.41) is 12.4. The molecule has 2 aliphatic heterocycles. The Bertz CT molecular complexity index is 1090. The van der Waals surface area contributed by atoms with Gasteiger partial charge in [-0.2, -0.15) is 5.11 Å². The van der Waals surface area contributed by atoms with E-state index in [-0.39, 0.29) is 11.6 Å². The maximum atomic E-state index is 13.0. The van der Waals surface area contributed by atoms with Crippen molar-refractivity contribution in [3.05, 3.63) is 58.1 Å². The van der Waals surface area contributed by atoms with Crippen LogP contribution in [0.1, 0.15) is 25.3 Å². The molecule has 0 aromatic heterocycles. The van der Waals surface area contributed by atoms with Crippen LogP contribution in [-0.2, 0) is 14.4 Å². The minimum Gasteiger partial charge on any atom is -0.323 e. The maximum absolute atomic E-state index is 13.0. The molecule has 1 saturated heterocycles. The lowest BCUT2D eigenvalue weighted by Crippen LogP contribution is -2.43. The molecule has 0 aliphatic carbocycles. The van der Waals surface area contributed by atoms with Gasteiger partial charge < -0.3 is 5.32 Å². The first-order valence-corrected chi connectivity index (χ1v) is 10.4. The number of imide groups is 1. The van der Waals surface area contributed by atoms with E-state index in [9.17, 15) is 14.4 Å². The summed E-state index contributed by atoms with van der Waals surface area (Å²) >= 11 is 11.9. The third-order valence-electron chi connectivity index (χ3n) is 5.19. The highest BCUT2D eigenvalue weighted by Crippen LogP contribution is 2.32. The Hall–Kier alpha value is -2.97. The third-order valence-corrected chi connectivity index (χ3v) is 5.73. The Morgan fingerprint density at radius 1 is 1.10 bits per heavy atom. The predicted octanol–water partition coefficient (Wildman–Crippen LogP) is 4.05. The van der Waals surface area contributed by atoms with Crippen LogP contribution in [0.4, 0.5) is 11.4 Å². The molecule has 160 valence electrons. The Morgan fingerprint density at radius 2 is 1.81 bits per heavy atom. The topological polar surface area (TPSA) is 94.4 Å². The molecule has 2 aliphatic rings. The van der Waals surface area contributed by atoms with E-state index >= 15 is 0 Å². The van der Waals surface area contributed by atoms with E-state index in [1.54, 1.807) is 24.3 Å². The van der Waals surface area contributed by atoms with Gasteiger partial charge in [-0.25, -0.2) is 4.90 Å². The highest BCUT2D eigenvalue weighted by molar-refractivity contribution is 6.36. The second-order valence-electron chi connectivity index (χ2n) is 7.62. The summed E-state index contributed by atoms with van der Waals surface area (Å²) < 4.78 is 0. The predicted molar refractivity (Wildman–Crippen MR) is 117 cm³/mol. The van der Waals surface area contributed by atoms with Crippen molar-refractivity contribution in [2.45, 2.75) is 31.8 Å². The summed E-state index contributed by atoms with van der Waals surface area (Å²) in [6.07, 6.45) is 0. The van der Waals surface area contributed by atoms with Gasteiger partial charge in [-0.05, 0) is 41.8 Å². The summed E-state index contributed by atoms with van der Waals surface area (Å²) in [6, 6.07) is 10.00. The summed E-state index contributed by atoms with van der Waals surface area (Å²) in [5.74, 6) is -1.05. The zero-order valence-electron chi connectivity index (χ0n) is 16.8. The van der Waals surface area contributed by atoms with Crippen molar-refractivity contribution in [3.8, 4) is 0 Å². The average molecular weight is 460 g/mol. The van der Waals surface area contributed by atoms with Crippen LogP contribution in [0, 0.1) is 0 Å². The van der Waals surface area contributed by atoms with Crippen LogP contribution in [0.3, 0.4) is 0 Å². The number of nitrogens with one attached hydrogen (secondary N) is 1. The van der Waals surface area contributed by atoms with Gasteiger partial charge in [0.1, 0.15) is 6.54 Å². The van der Waals surface area contributed by atoms with E-state index in [0.717, 1.165) is 10.5 Å². The molecule has 0 unspecified atom stereocenters. The van der Waals surface area contributed by atoms with Crippen LogP contribution in [0.15, 0.2) is 52.8 Å². The van der Waals surface area contributed by atoms with Crippen molar-refractivity contribution in [2.24, 2.45) is 10.3 Å². The highest BCUT2D eigenvalue weighted by atomic mass is 35.5. The standard InChI is InChI=1S/C21H19Cl2N5O3/c1-11(2)12-3-6-14(7-4-12)28-20(30)18-19(21(28)31)27(26-25-18)10-17(29)24-16-8-5-13(22)9-15(16)23/h3-9,11,18-19H,10H2,1-2H3,(H,24,29)/t18-,19+/m0/s1. The smallest absolute Gasteiger partial charge is 0.263 e. The lowest BCUT2D eigenvalue weighted by atomic mass is 10.0. The number of benzene rings is 2. The number of hydrogen-bond donors (Lipinski definition) is 1. The molecule has 1 fully saturated rings. The zero-order valence-corrected chi connectivity index (χ0v) is 18.3. The van der Waals surface area contributed by atoms with Gasteiger partial charge in [-0.3, -0.25) is 19.4 Å². The molecule has 0 radical (unpaired) electrons. The first-order chi connectivity index (χ1) is 14.8. The van der Waals surface area contributed by atoms with Crippen molar-refractivity contribution in [1.82, 2.24) is 5.01 Å². The zero-order chi connectivity index (χ0) is 22.3. The molecule has 2 heterocycles. The fourth-order valence-electron chi connectivity index (χ4n) is 3.54. The number of amides is 3. The molecule has 0 spiro atoms. The van der Waals surface area contributed by atoms with Gasteiger partial charge in [-0.15, -0.1) is 0 Å².